The quantitative estimate of drug-likeness (QED) is 0.648. The molecule has 1 aliphatic rings. The average Bonchev–Trinajstić information content (AvgIpc) is 3.05. The molecule has 0 saturated carbocycles. The van der Waals surface area contributed by atoms with E-state index in [0.29, 0.717) is 24.5 Å². The molecule has 8 nitrogen and oxygen atoms in total. The van der Waals surface area contributed by atoms with Crippen molar-refractivity contribution in [1.29, 1.82) is 0 Å². The van der Waals surface area contributed by atoms with Crippen molar-refractivity contribution in [3.05, 3.63) is 47.0 Å². The average molecular weight is 480 g/mol. The maximum Gasteiger partial charge on any atom is 0.259 e. The largest absolute Gasteiger partial charge is 0.496 e. The van der Waals surface area contributed by atoms with Gasteiger partial charge >= 0.3 is 0 Å². The van der Waals surface area contributed by atoms with Crippen LogP contribution in [0.5, 0.6) is 5.75 Å². The predicted molar refractivity (Wildman–Crippen MR) is 124 cm³/mol. The molecule has 32 heavy (non-hydrogen) atoms. The van der Waals surface area contributed by atoms with Gasteiger partial charge in [0.25, 0.3) is 5.91 Å². The van der Waals surface area contributed by atoms with Gasteiger partial charge in [-0.3, -0.25) is 9.59 Å². The summed E-state index contributed by atoms with van der Waals surface area (Å²) in [5.74, 6) is -0.572. The number of sulfonamides is 1. The number of carbonyl (C=O) groups is 2. The lowest BCUT2D eigenvalue weighted by atomic mass is 10.1. The molecule has 0 unspecified atom stereocenters. The first-order valence-electron chi connectivity index (χ1n) is 10.3. The third kappa shape index (κ3) is 5.59. The first-order chi connectivity index (χ1) is 15.2. The van der Waals surface area contributed by atoms with Crippen LogP contribution in [0.2, 0.25) is 5.02 Å². The summed E-state index contributed by atoms with van der Waals surface area (Å²) < 4.78 is 33.1. The zero-order valence-electron chi connectivity index (χ0n) is 18.0. The molecular weight excluding hydrogens is 454 g/mol. The van der Waals surface area contributed by atoms with Gasteiger partial charge in [0, 0.05) is 25.7 Å². The Labute approximate surface area is 192 Å². The van der Waals surface area contributed by atoms with E-state index < -0.39 is 15.9 Å². The molecule has 172 valence electrons. The zero-order valence-corrected chi connectivity index (χ0v) is 19.6. The molecular formula is C22H26ClN3O5S. The summed E-state index contributed by atoms with van der Waals surface area (Å²) in [6.45, 7) is 2.31. The van der Waals surface area contributed by atoms with Crippen molar-refractivity contribution in [1.82, 2.24) is 4.31 Å². The summed E-state index contributed by atoms with van der Waals surface area (Å²) in [6.07, 6.45) is 3.64. The van der Waals surface area contributed by atoms with Gasteiger partial charge in [0.15, 0.2) is 0 Å². The van der Waals surface area contributed by atoms with Gasteiger partial charge in [-0.15, -0.1) is 0 Å². The summed E-state index contributed by atoms with van der Waals surface area (Å²) in [7, 11) is -2.33. The van der Waals surface area contributed by atoms with Crippen molar-refractivity contribution < 1.29 is 22.7 Å². The number of benzene rings is 2. The summed E-state index contributed by atoms with van der Waals surface area (Å²) in [5.41, 5.74) is 0.877. The van der Waals surface area contributed by atoms with E-state index in [9.17, 15) is 18.0 Å². The molecule has 1 aliphatic heterocycles. The fourth-order valence-corrected chi connectivity index (χ4v) is 5.31. The number of nitrogens with zero attached hydrogens (tertiary/aromatic N) is 1. The van der Waals surface area contributed by atoms with Crippen molar-refractivity contribution in [2.24, 2.45) is 0 Å². The lowest BCUT2D eigenvalue weighted by molar-refractivity contribution is -0.114. The second kappa shape index (κ2) is 10.3. The number of carbonyl (C=O) groups excluding carboxylic acids is 2. The second-order valence-electron chi connectivity index (χ2n) is 7.51. The Kier molecular flexibility index (Phi) is 7.76. The minimum Gasteiger partial charge on any atom is -0.496 e. The van der Waals surface area contributed by atoms with E-state index in [-0.39, 0.29) is 27.1 Å². The molecule has 1 saturated heterocycles. The van der Waals surface area contributed by atoms with Crippen LogP contribution in [0.15, 0.2) is 41.3 Å². The highest BCUT2D eigenvalue weighted by Gasteiger charge is 2.27. The molecule has 3 rings (SSSR count). The van der Waals surface area contributed by atoms with Crippen LogP contribution < -0.4 is 15.4 Å². The van der Waals surface area contributed by atoms with Gasteiger partial charge in [-0.05, 0) is 49.2 Å². The van der Waals surface area contributed by atoms with Gasteiger partial charge in [0.1, 0.15) is 5.75 Å². The number of hydrogen-bond donors (Lipinski definition) is 2. The van der Waals surface area contributed by atoms with Crippen LogP contribution in [0.4, 0.5) is 11.4 Å². The Morgan fingerprint density at radius 2 is 1.69 bits per heavy atom. The van der Waals surface area contributed by atoms with E-state index >= 15 is 0 Å². The first-order valence-corrected chi connectivity index (χ1v) is 12.1. The highest BCUT2D eigenvalue weighted by molar-refractivity contribution is 7.89. The molecule has 0 atom stereocenters. The maximum atomic E-state index is 13.2. The number of amides is 2. The highest BCUT2D eigenvalue weighted by Crippen LogP contribution is 2.29. The summed E-state index contributed by atoms with van der Waals surface area (Å²) >= 11 is 6.24. The molecule has 2 aromatic carbocycles. The molecule has 0 bridgehead atoms. The van der Waals surface area contributed by atoms with Crippen LogP contribution in [0.3, 0.4) is 0 Å². The molecule has 0 aromatic heterocycles. The first kappa shape index (κ1) is 24.0. The molecule has 2 N–H and O–H groups in total. The minimum atomic E-state index is -3.73. The molecule has 0 radical (unpaired) electrons. The van der Waals surface area contributed by atoms with Crippen molar-refractivity contribution in [3.8, 4) is 5.75 Å². The Balaban J connectivity index is 1.88. The lowest BCUT2D eigenvalue weighted by Crippen LogP contribution is -2.32. The Bertz CT molecular complexity index is 1110. The van der Waals surface area contributed by atoms with Crippen LogP contribution in [0.25, 0.3) is 0 Å². The maximum absolute atomic E-state index is 13.2. The Morgan fingerprint density at radius 1 is 1.00 bits per heavy atom. The van der Waals surface area contributed by atoms with Crippen LogP contribution in [-0.2, 0) is 14.8 Å². The van der Waals surface area contributed by atoms with Gasteiger partial charge in [-0.25, -0.2) is 8.42 Å². The van der Waals surface area contributed by atoms with Crippen molar-refractivity contribution >= 4 is 44.8 Å². The number of methoxy groups -OCH3 is 1. The van der Waals surface area contributed by atoms with Crippen LogP contribution >= 0.6 is 11.6 Å². The van der Waals surface area contributed by atoms with E-state index in [1.54, 1.807) is 12.1 Å². The number of hydrogen-bond acceptors (Lipinski definition) is 5. The van der Waals surface area contributed by atoms with E-state index in [0.717, 1.165) is 25.7 Å². The third-order valence-electron chi connectivity index (χ3n) is 5.16. The van der Waals surface area contributed by atoms with Crippen molar-refractivity contribution in [2.45, 2.75) is 37.5 Å². The Morgan fingerprint density at radius 3 is 2.28 bits per heavy atom. The molecule has 10 heteroatoms. The molecule has 1 fully saturated rings. The topological polar surface area (TPSA) is 105 Å². The summed E-state index contributed by atoms with van der Waals surface area (Å²) in [5, 5.41) is 5.51. The number of anilines is 2. The van der Waals surface area contributed by atoms with E-state index in [1.807, 2.05) is 0 Å². The van der Waals surface area contributed by atoms with E-state index in [4.69, 9.17) is 16.3 Å². The molecule has 0 aliphatic carbocycles. The van der Waals surface area contributed by atoms with Gasteiger partial charge in [0.2, 0.25) is 15.9 Å². The van der Waals surface area contributed by atoms with E-state index in [1.165, 1.54) is 42.6 Å². The molecule has 2 aromatic rings. The SMILES string of the molecule is COc1ccc(S(=O)(=O)N2CCCCCC2)cc1C(=O)Nc1ccc(NC(C)=O)cc1Cl. The van der Waals surface area contributed by atoms with Gasteiger partial charge < -0.3 is 15.4 Å². The predicted octanol–water partition coefficient (Wildman–Crippen LogP) is 4.12. The molecule has 1 heterocycles. The van der Waals surface area contributed by atoms with Crippen molar-refractivity contribution in [2.75, 3.05) is 30.8 Å². The van der Waals surface area contributed by atoms with Gasteiger partial charge in [-0.2, -0.15) is 4.31 Å². The van der Waals surface area contributed by atoms with Crippen molar-refractivity contribution in [3.63, 3.8) is 0 Å². The van der Waals surface area contributed by atoms with Gasteiger partial charge in [-0.1, -0.05) is 24.4 Å². The number of rotatable bonds is 6. The molecule has 2 amide bonds. The fourth-order valence-electron chi connectivity index (χ4n) is 3.54. The standard InChI is InChI=1S/C22H26ClN3O5S/c1-15(27)24-16-7-9-20(19(23)13-16)25-22(28)18-14-17(8-10-21(18)31-2)32(29,30)26-11-5-3-4-6-12-26/h7-10,13-14H,3-6,11-12H2,1-2H3,(H,24,27)(H,25,28). The summed E-state index contributed by atoms with van der Waals surface area (Å²) in [6, 6.07) is 8.91. The number of nitrogens with one attached hydrogen (secondary N) is 2. The second-order valence-corrected chi connectivity index (χ2v) is 9.86. The third-order valence-corrected chi connectivity index (χ3v) is 7.36. The molecule has 0 spiro atoms. The smallest absolute Gasteiger partial charge is 0.259 e. The zero-order chi connectivity index (χ0) is 23.3. The number of ether oxygens (including phenoxy) is 1. The number of halogens is 1. The Hall–Kier alpha value is -2.62. The minimum absolute atomic E-state index is 0.0393. The van der Waals surface area contributed by atoms with E-state index in [2.05, 4.69) is 10.6 Å². The van der Waals surface area contributed by atoms with Crippen LogP contribution in [0, 0.1) is 0 Å². The van der Waals surface area contributed by atoms with Crippen LogP contribution in [-0.4, -0.2) is 44.7 Å². The lowest BCUT2D eigenvalue weighted by Gasteiger charge is -2.20. The normalized spacial score (nSPS) is 15.0. The van der Waals surface area contributed by atoms with Crippen LogP contribution in [0.1, 0.15) is 43.0 Å². The fraction of sp³-hybridized carbons (Fsp3) is 0.364. The van der Waals surface area contributed by atoms with Gasteiger partial charge in [0.05, 0.1) is 28.3 Å². The summed E-state index contributed by atoms with van der Waals surface area (Å²) in [4.78, 5) is 24.2. The monoisotopic (exact) mass is 479 g/mol. The highest BCUT2D eigenvalue weighted by atomic mass is 35.5.